The van der Waals surface area contributed by atoms with Crippen molar-refractivity contribution in [2.45, 2.75) is 6.18 Å². The maximum Gasteiger partial charge on any atom is 0.414 e. The monoisotopic (exact) mass is 282 g/mol. The van der Waals surface area contributed by atoms with Gasteiger partial charge in [-0.25, -0.2) is 9.87 Å². The van der Waals surface area contributed by atoms with Crippen LogP contribution in [-0.4, -0.2) is 23.6 Å². The number of non-ortho nitro benzene ring substituents is 1. The number of hydroxylamine groups is 1. The molecule has 1 aromatic rings. The first-order chi connectivity index (χ1) is 8.70. The molecule has 19 heavy (non-hydrogen) atoms. The van der Waals surface area contributed by atoms with E-state index in [1.165, 1.54) is 5.48 Å². The summed E-state index contributed by atoms with van der Waals surface area (Å²) >= 11 is 0. The van der Waals surface area contributed by atoms with E-state index in [1.807, 2.05) is 0 Å². The van der Waals surface area contributed by atoms with Crippen molar-refractivity contribution in [2.75, 3.05) is 6.61 Å². The third-order valence-corrected chi connectivity index (χ3v) is 1.81. The van der Waals surface area contributed by atoms with Gasteiger partial charge in [0, 0.05) is 6.07 Å². The normalized spacial score (nSPS) is 11.2. The Morgan fingerprint density at radius 1 is 1.42 bits per heavy atom. The molecule has 6 nitrogen and oxygen atoms in total. The molecule has 0 radical (unpaired) electrons. The van der Waals surface area contributed by atoms with Gasteiger partial charge in [0.15, 0.2) is 6.61 Å². The average molecular weight is 282 g/mol. The largest absolute Gasteiger partial charge is 0.414 e. The smallest absolute Gasteiger partial charge is 0.267 e. The van der Waals surface area contributed by atoms with Crippen molar-refractivity contribution in [1.82, 2.24) is 5.48 Å². The number of hydrogen-bond donors (Lipinski definition) is 1. The van der Waals surface area contributed by atoms with Crippen LogP contribution in [0.1, 0.15) is 10.4 Å². The van der Waals surface area contributed by atoms with E-state index in [0.717, 1.165) is 12.1 Å². The van der Waals surface area contributed by atoms with E-state index in [0.29, 0.717) is 6.07 Å². The SMILES string of the molecule is O=C(NOCC(F)(F)F)c1ccc([N+](=O)[O-])cc1F. The van der Waals surface area contributed by atoms with Gasteiger partial charge in [-0.05, 0) is 6.07 Å². The first kappa shape index (κ1) is 14.8. The number of rotatable bonds is 4. The van der Waals surface area contributed by atoms with Crippen molar-refractivity contribution in [1.29, 1.82) is 0 Å². The highest BCUT2D eigenvalue weighted by Gasteiger charge is 2.28. The lowest BCUT2D eigenvalue weighted by atomic mass is 10.2. The number of nitro groups is 1. The Bertz CT molecular complexity index is 503. The minimum absolute atomic E-state index is 0.471. The van der Waals surface area contributed by atoms with Gasteiger partial charge >= 0.3 is 6.18 Å². The number of benzene rings is 1. The molecule has 0 unspecified atom stereocenters. The molecule has 1 N–H and O–H groups in total. The summed E-state index contributed by atoms with van der Waals surface area (Å²) in [5.41, 5.74) is 0.111. The highest BCUT2D eigenvalue weighted by Crippen LogP contribution is 2.17. The van der Waals surface area contributed by atoms with Crippen molar-refractivity contribution in [2.24, 2.45) is 0 Å². The van der Waals surface area contributed by atoms with E-state index in [4.69, 9.17) is 0 Å². The second-order valence-corrected chi connectivity index (χ2v) is 3.26. The summed E-state index contributed by atoms with van der Waals surface area (Å²) in [7, 11) is 0. The fourth-order valence-electron chi connectivity index (χ4n) is 1.04. The quantitative estimate of drug-likeness (QED) is 0.520. The van der Waals surface area contributed by atoms with Crippen LogP contribution in [0, 0.1) is 15.9 Å². The van der Waals surface area contributed by atoms with Crippen LogP contribution >= 0.6 is 0 Å². The van der Waals surface area contributed by atoms with Gasteiger partial charge in [0.25, 0.3) is 11.6 Å². The number of carbonyl (C=O) groups is 1. The maximum absolute atomic E-state index is 13.3. The predicted molar refractivity (Wildman–Crippen MR) is 52.5 cm³/mol. The third kappa shape index (κ3) is 4.50. The number of nitro benzene ring substituents is 1. The lowest BCUT2D eigenvalue weighted by Crippen LogP contribution is -2.30. The van der Waals surface area contributed by atoms with Crippen LogP contribution in [0.25, 0.3) is 0 Å². The Hall–Kier alpha value is -2.23. The molecule has 0 atom stereocenters. The fraction of sp³-hybridized carbons (Fsp3) is 0.222. The van der Waals surface area contributed by atoms with E-state index in [-0.39, 0.29) is 0 Å². The zero-order chi connectivity index (χ0) is 14.6. The van der Waals surface area contributed by atoms with Gasteiger partial charge in [0.05, 0.1) is 16.6 Å². The second kappa shape index (κ2) is 5.61. The molecule has 0 bridgehead atoms. The molecule has 0 aliphatic rings. The van der Waals surface area contributed by atoms with E-state index in [2.05, 4.69) is 4.84 Å². The summed E-state index contributed by atoms with van der Waals surface area (Å²) in [6, 6.07) is 2.07. The number of alkyl halides is 3. The molecule has 0 fully saturated rings. The number of carbonyl (C=O) groups excluding carboxylic acids is 1. The minimum atomic E-state index is -4.65. The Kier molecular flexibility index (Phi) is 4.38. The van der Waals surface area contributed by atoms with Crippen LogP contribution in [0.5, 0.6) is 0 Å². The van der Waals surface area contributed by atoms with Gasteiger partial charge < -0.3 is 0 Å². The van der Waals surface area contributed by atoms with Crippen LogP contribution in [0.15, 0.2) is 18.2 Å². The molecule has 1 rings (SSSR count). The van der Waals surface area contributed by atoms with Crippen LogP contribution in [-0.2, 0) is 4.84 Å². The molecule has 1 amide bonds. The summed E-state index contributed by atoms with van der Waals surface area (Å²) in [6.07, 6.45) is -4.65. The number of hydrogen-bond acceptors (Lipinski definition) is 4. The zero-order valence-electron chi connectivity index (χ0n) is 9.03. The molecule has 10 heteroatoms. The van der Waals surface area contributed by atoms with Crippen molar-refractivity contribution >= 4 is 11.6 Å². The maximum atomic E-state index is 13.3. The highest BCUT2D eigenvalue weighted by atomic mass is 19.4. The Morgan fingerprint density at radius 3 is 2.53 bits per heavy atom. The van der Waals surface area contributed by atoms with Crippen LogP contribution in [0.3, 0.4) is 0 Å². The number of nitrogens with zero attached hydrogens (tertiary/aromatic N) is 1. The summed E-state index contributed by atoms with van der Waals surface area (Å²) in [5, 5.41) is 10.3. The minimum Gasteiger partial charge on any atom is -0.267 e. The van der Waals surface area contributed by atoms with Gasteiger partial charge in [-0.1, -0.05) is 0 Å². The Labute approximate surface area is 103 Å². The number of amides is 1. The second-order valence-electron chi connectivity index (χ2n) is 3.26. The van der Waals surface area contributed by atoms with Crippen molar-refractivity contribution < 1.29 is 32.1 Å². The molecular weight excluding hydrogens is 276 g/mol. The average Bonchev–Trinajstić information content (AvgIpc) is 2.26. The van der Waals surface area contributed by atoms with E-state index in [9.17, 15) is 32.5 Å². The molecule has 0 heterocycles. The van der Waals surface area contributed by atoms with Gasteiger partial charge in [-0.2, -0.15) is 13.2 Å². The molecule has 0 spiro atoms. The van der Waals surface area contributed by atoms with E-state index in [1.54, 1.807) is 0 Å². The molecule has 0 aromatic heterocycles. The van der Waals surface area contributed by atoms with Crippen molar-refractivity contribution in [3.63, 3.8) is 0 Å². The fourth-order valence-corrected chi connectivity index (χ4v) is 1.04. The molecule has 0 aliphatic heterocycles. The summed E-state index contributed by atoms with van der Waals surface area (Å²) in [5.74, 6) is -2.53. The first-order valence-electron chi connectivity index (χ1n) is 4.63. The third-order valence-electron chi connectivity index (χ3n) is 1.81. The van der Waals surface area contributed by atoms with E-state index >= 15 is 0 Å². The van der Waals surface area contributed by atoms with E-state index < -0.39 is 40.7 Å². The van der Waals surface area contributed by atoms with Crippen LogP contribution < -0.4 is 5.48 Å². The molecule has 0 aliphatic carbocycles. The Morgan fingerprint density at radius 2 is 2.05 bits per heavy atom. The van der Waals surface area contributed by atoms with Crippen LogP contribution in [0.2, 0.25) is 0 Å². The molecule has 0 saturated carbocycles. The lowest BCUT2D eigenvalue weighted by Gasteiger charge is -2.08. The molecule has 104 valence electrons. The van der Waals surface area contributed by atoms with Crippen LogP contribution in [0.4, 0.5) is 23.2 Å². The summed E-state index contributed by atoms with van der Waals surface area (Å²) in [4.78, 5) is 24.5. The molecule has 0 saturated heterocycles. The van der Waals surface area contributed by atoms with Crippen molar-refractivity contribution in [3.05, 3.63) is 39.7 Å². The zero-order valence-corrected chi connectivity index (χ0v) is 9.03. The van der Waals surface area contributed by atoms with Gasteiger partial charge in [0.1, 0.15) is 5.82 Å². The predicted octanol–water partition coefficient (Wildman–Crippen LogP) is 1.96. The number of nitrogens with one attached hydrogen (secondary N) is 1. The number of halogens is 4. The highest BCUT2D eigenvalue weighted by molar-refractivity contribution is 5.93. The lowest BCUT2D eigenvalue weighted by molar-refractivity contribution is -0.385. The standard InChI is InChI=1S/C9H6F4N2O4/c10-7-3-5(15(17)18)1-2-6(7)8(16)14-19-4-9(11,12)13/h1-3H,4H2,(H,14,16). The molecule has 1 aromatic carbocycles. The summed E-state index contributed by atoms with van der Waals surface area (Å²) < 4.78 is 48.4. The van der Waals surface area contributed by atoms with Gasteiger partial charge in [-0.15, -0.1) is 0 Å². The first-order valence-corrected chi connectivity index (χ1v) is 4.63. The van der Waals surface area contributed by atoms with Gasteiger partial charge in [0.2, 0.25) is 0 Å². The van der Waals surface area contributed by atoms with Gasteiger partial charge in [-0.3, -0.25) is 19.7 Å². The molecular formula is C9H6F4N2O4. The summed E-state index contributed by atoms with van der Waals surface area (Å²) in [6.45, 7) is -1.74. The topological polar surface area (TPSA) is 81.5 Å². The van der Waals surface area contributed by atoms with Crippen molar-refractivity contribution in [3.8, 4) is 0 Å². The Balaban J connectivity index is 2.70.